The van der Waals surface area contributed by atoms with Crippen molar-refractivity contribution in [3.05, 3.63) is 65.3 Å². The lowest BCUT2D eigenvalue weighted by molar-refractivity contribution is -0.136. The number of rotatable bonds is 6. The van der Waals surface area contributed by atoms with Crippen LogP contribution < -0.4 is 14.2 Å². The van der Waals surface area contributed by atoms with E-state index in [9.17, 15) is 19.8 Å². The van der Waals surface area contributed by atoms with Gasteiger partial charge in [-0.3, -0.25) is 4.79 Å². The van der Waals surface area contributed by atoms with Crippen LogP contribution in [0.1, 0.15) is 41.3 Å². The summed E-state index contributed by atoms with van der Waals surface area (Å²) in [6.45, 7) is 5.63. The van der Waals surface area contributed by atoms with Gasteiger partial charge < -0.3 is 29.3 Å². The van der Waals surface area contributed by atoms with Crippen molar-refractivity contribution in [3.63, 3.8) is 0 Å². The fourth-order valence-electron chi connectivity index (χ4n) is 8.09. The number of benzene rings is 2. The molecule has 0 radical (unpaired) electrons. The van der Waals surface area contributed by atoms with Crippen LogP contribution in [0.3, 0.4) is 0 Å². The van der Waals surface area contributed by atoms with Gasteiger partial charge in [0.1, 0.15) is 6.10 Å². The predicted octanol–water partition coefficient (Wildman–Crippen LogP) is 3.68. The van der Waals surface area contributed by atoms with Crippen molar-refractivity contribution in [1.82, 2.24) is 4.90 Å². The van der Waals surface area contributed by atoms with Gasteiger partial charge in [-0.1, -0.05) is 24.8 Å². The van der Waals surface area contributed by atoms with E-state index in [-0.39, 0.29) is 33.8 Å². The van der Waals surface area contributed by atoms with Gasteiger partial charge in [-0.05, 0) is 62.1 Å². The largest absolute Gasteiger partial charge is 0.504 e. The summed E-state index contributed by atoms with van der Waals surface area (Å²) in [5.74, 6) is -1.02. The highest BCUT2D eigenvalue weighted by atomic mass is 16.6. The summed E-state index contributed by atoms with van der Waals surface area (Å²) >= 11 is 0. The monoisotopic (exact) mass is 515 g/mol. The van der Waals surface area contributed by atoms with E-state index in [1.807, 2.05) is 0 Å². The number of fused-ring (bicyclic) bond motifs is 1. The van der Waals surface area contributed by atoms with Gasteiger partial charge in [-0.25, -0.2) is 4.79 Å². The van der Waals surface area contributed by atoms with Crippen molar-refractivity contribution in [1.29, 1.82) is 0 Å². The van der Waals surface area contributed by atoms with Crippen molar-refractivity contribution in [2.24, 2.45) is 11.3 Å². The predicted molar refractivity (Wildman–Crippen MR) is 137 cm³/mol. The highest BCUT2D eigenvalue weighted by Gasteiger charge is 2.76. The molecule has 2 aliphatic heterocycles. The molecule has 2 N–H and O–H groups in total. The standard InChI is InChI=1S/C30H29NO7/c1-15(2)24(33)17-7-9-19(26(35)25(17)34)36-12-22(32)37-20-8-6-16-11-18-28-29(14-31(18)3)10-4-5-21-30(28,13-29)23(16)27(20)38-21/h4,6-10,18,21,28,34-35H,1,5,11-14H2,2-3H3/t18?,21-,28?,29?,30?/m0/s1. The average molecular weight is 516 g/mol. The van der Waals surface area contributed by atoms with E-state index in [0.29, 0.717) is 23.5 Å². The number of phenolic OH excluding ortho intramolecular Hbond substituents is 2. The second-order valence-corrected chi connectivity index (χ2v) is 11.5. The smallest absolute Gasteiger partial charge is 0.349 e. The number of likely N-dealkylation sites (N-methyl/N-ethyl adjacent to an activating group) is 1. The molecular formula is C30H29NO7. The first-order valence-electron chi connectivity index (χ1n) is 13.0. The number of nitrogens with zero attached hydrogens (tertiary/aromatic N) is 1. The third-order valence-corrected chi connectivity index (χ3v) is 9.34. The van der Waals surface area contributed by atoms with Crippen LogP contribution in [0.15, 0.2) is 48.6 Å². The Balaban J connectivity index is 1.13. The number of Topliss-reactive ketones (excluding diaryl/α,β-unsaturated/α-hetero) is 1. The molecule has 4 unspecified atom stereocenters. The van der Waals surface area contributed by atoms with Crippen LogP contribution in [0.4, 0.5) is 0 Å². The maximum Gasteiger partial charge on any atom is 0.349 e. The van der Waals surface area contributed by atoms with Crippen molar-refractivity contribution >= 4 is 11.8 Å². The Morgan fingerprint density at radius 1 is 1.18 bits per heavy atom. The summed E-state index contributed by atoms with van der Waals surface area (Å²) in [6.07, 6.45) is 7.59. The fraction of sp³-hybridized carbons (Fsp3) is 0.400. The molecule has 0 amide bonds. The molecule has 196 valence electrons. The highest BCUT2D eigenvalue weighted by Crippen LogP contribution is 2.75. The lowest BCUT2D eigenvalue weighted by Gasteiger charge is -2.61. The zero-order chi connectivity index (χ0) is 26.6. The third kappa shape index (κ3) is 2.84. The van der Waals surface area contributed by atoms with Crippen LogP contribution >= 0.6 is 0 Å². The maximum absolute atomic E-state index is 12.8. The lowest BCUT2D eigenvalue weighted by Crippen LogP contribution is -2.65. The van der Waals surface area contributed by atoms with Gasteiger partial charge in [0.25, 0.3) is 0 Å². The minimum atomic E-state index is -0.674. The molecule has 2 bridgehead atoms. The number of hydrogen-bond donors (Lipinski definition) is 2. The van der Waals surface area contributed by atoms with Gasteiger partial charge in [-0.2, -0.15) is 0 Å². The molecule has 1 saturated heterocycles. The number of likely N-dealkylation sites (tertiary alicyclic amines) is 1. The molecule has 8 heteroatoms. The van der Waals surface area contributed by atoms with Crippen LogP contribution in [0.2, 0.25) is 0 Å². The molecule has 2 aromatic carbocycles. The van der Waals surface area contributed by atoms with Crippen LogP contribution in [-0.2, 0) is 16.6 Å². The van der Waals surface area contributed by atoms with Gasteiger partial charge in [0.2, 0.25) is 5.75 Å². The molecule has 0 aromatic heterocycles. The van der Waals surface area contributed by atoms with E-state index < -0.39 is 29.9 Å². The first-order valence-corrected chi connectivity index (χ1v) is 13.0. The number of carbonyl (C=O) groups is 2. The summed E-state index contributed by atoms with van der Waals surface area (Å²) in [6, 6.07) is 6.98. The minimum Gasteiger partial charge on any atom is -0.504 e. The number of ether oxygens (including phenoxy) is 3. The molecule has 8 nitrogen and oxygen atoms in total. The third-order valence-electron chi connectivity index (χ3n) is 9.34. The first-order chi connectivity index (χ1) is 18.2. The van der Waals surface area contributed by atoms with Gasteiger partial charge in [-0.15, -0.1) is 0 Å². The van der Waals surface area contributed by atoms with Crippen LogP contribution in [0.5, 0.6) is 28.7 Å². The van der Waals surface area contributed by atoms with E-state index in [2.05, 4.69) is 36.7 Å². The number of phenols is 2. The van der Waals surface area contributed by atoms with E-state index >= 15 is 0 Å². The Labute approximate surface area is 220 Å². The molecule has 2 spiro atoms. The van der Waals surface area contributed by atoms with Gasteiger partial charge in [0, 0.05) is 35.4 Å². The van der Waals surface area contributed by atoms with Crippen LogP contribution in [0, 0.1) is 11.3 Å². The molecule has 2 aromatic rings. The summed E-state index contributed by atoms with van der Waals surface area (Å²) in [7, 11) is 2.23. The Kier molecular flexibility index (Phi) is 4.69. The number of aromatic hydroxyl groups is 2. The second kappa shape index (κ2) is 7.63. The Morgan fingerprint density at radius 2 is 1.97 bits per heavy atom. The molecule has 2 heterocycles. The van der Waals surface area contributed by atoms with Crippen molar-refractivity contribution < 1.29 is 34.0 Å². The first kappa shape index (κ1) is 23.3. The topological polar surface area (TPSA) is 106 Å². The van der Waals surface area contributed by atoms with E-state index in [4.69, 9.17) is 14.2 Å². The SMILES string of the molecule is C=C(C)C(=O)c1ccc(OCC(=O)Oc2ccc3c4c2O[C@H]2CC=CC56CN(C)C(C3)C5C42C6)c(O)c1O. The molecular weight excluding hydrogens is 486 g/mol. The highest BCUT2D eigenvalue weighted by molar-refractivity contribution is 6.10. The van der Waals surface area contributed by atoms with Gasteiger partial charge >= 0.3 is 5.97 Å². The molecule has 4 aliphatic carbocycles. The molecule has 5 atom stereocenters. The average Bonchev–Trinajstić information content (AvgIpc) is 3.22. The second-order valence-electron chi connectivity index (χ2n) is 11.5. The van der Waals surface area contributed by atoms with Crippen LogP contribution in [0.25, 0.3) is 0 Å². The zero-order valence-electron chi connectivity index (χ0n) is 21.3. The Hall–Kier alpha value is -3.78. The quantitative estimate of drug-likeness (QED) is 0.150. The number of esters is 1. The number of allylic oxidation sites excluding steroid dienone is 1. The molecule has 2 fully saturated rings. The Morgan fingerprint density at radius 3 is 2.76 bits per heavy atom. The molecule has 38 heavy (non-hydrogen) atoms. The van der Waals surface area contributed by atoms with Crippen molar-refractivity contribution in [3.8, 4) is 28.7 Å². The van der Waals surface area contributed by atoms with E-state index in [1.54, 1.807) is 6.07 Å². The minimum absolute atomic E-state index is 0.0267. The molecule has 8 rings (SSSR count). The number of hydrogen-bond acceptors (Lipinski definition) is 8. The van der Waals surface area contributed by atoms with E-state index in [1.165, 1.54) is 30.2 Å². The van der Waals surface area contributed by atoms with Crippen LogP contribution in [-0.4, -0.2) is 59.2 Å². The summed E-state index contributed by atoms with van der Waals surface area (Å²) < 4.78 is 17.7. The summed E-state index contributed by atoms with van der Waals surface area (Å²) in [5, 5.41) is 20.5. The molecule has 6 aliphatic rings. The summed E-state index contributed by atoms with van der Waals surface area (Å²) in [5.41, 5.74) is 2.76. The van der Waals surface area contributed by atoms with Gasteiger partial charge in [0.15, 0.2) is 35.4 Å². The zero-order valence-corrected chi connectivity index (χ0v) is 21.3. The normalized spacial score (nSPS) is 31.1. The molecule has 1 saturated carbocycles. The van der Waals surface area contributed by atoms with Crippen molar-refractivity contribution in [2.45, 2.75) is 43.7 Å². The van der Waals surface area contributed by atoms with Crippen molar-refractivity contribution in [2.75, 3.05) is 20.2 Å². The lowest BCUT2D eigenvalue weighted by atomic mass is 9.40. The van der Waals surface area contributed by atoms with Gasteiger partial charge in [0.05, 0.1) is 5.56 Å². The Bertz CT molecular complexity index is 1480. The van der Waals surface area contributed by atoms with E-state index in [0.717, 1.165) is 25.8 Å². The maximum atomic E-state index is 12.8. The summed E-state index contributed by atoms with van der Waals surface area (Å²) in [4.78, 5) is 27.4. The number of ketones is 1. The fourth-order valence-corrected chi connectivity index (χ4v) is 8.09. The number of carbonyl (C=O) groups excluding carboxylic acids is 2.